The highest BCUT2D eigenvalue weighted by atomic mass is 35.5. The van der Waals surface area contributed by atoms with Gasteiger partial charge in [-0.05, 0) is 38.1 Å². The largest absolute Gasteiger partial charge is 0.464 e. The maximum atomic E-state index is 12.8. The van der Waals surface area contributed by atoms with Crippen molar-refractivity contribution in [3.63, 3.8) is 0 Å². The zero-order chi connectivity index (χ0) is 20.3. The second kappa shape index (κ2) is 7.82. The number of ketones is 1. The van der Waals surface area contributed by atoms with Crippen LogP contribution in [0.25, 0.3) is 0 Å². The number of hydrogen-bond acceptors (Lipinski definition) is 6. The SMILES string of the molecule is CCOC(=O)C1(C)/C(=N\Nc2ccccc2Cl)C(=O)C(=O)N1c1ccccc1. The summed E-state index contributed by atoms with van der Waals surface area (Å²) in [7, 11) is 0. The van der Waals surface area contributed by atoms with E-state index in [1.807, 2.05) is 0 Å². The van der Waals surface area contributed by atoms with Crippen LogP contribution in [0.5, 0.6) is 0 Å². The van der Waals surface area contributed by atoms with Crippen LogP contribution in [-0.4, -0.2) is 35.5 Å². The van der Waals surface area contributed by atoms with Crippen molar-refractivity contribution in [1.29, 1.82) is 0 Å². The molecular weight excluding hydrogens is 382 g/mol. The minimum absolute atomic E-state index is 0.0880. The summed E-state index contributed by atoms with van der Waals surface area (Å²) < 4.78 is 5.16. The van der Waals surface area contributed by atoms with Gasteiger partial charge in [-0.1, -0.05) is 41.9 Å². The topological polar surface area (TPSA) is 88.1 Å². The normalized spacial score (nSPS) is 20.5. The van der Waals surface area contributed by atoms with E-state index < -0.39 is 23.2 Å². The average molecular weight is 400 g/mol. The van der Waals surface area contributed by atoms with Gasteiger partial charge >= 0.3 is 11.9 Å². The molecule has 1 fully saturated rings. The number of anilines is 2. The number of rotatable bonds is 5. The zero-order valence-corrected chi connectivity index (χ0v) is 16.1. The van der Waals surface area contributed by atoms with Crippen molar-refractivity contribution in [2.45, 2.75) is 19.4 Å². The lowest BCUT2D eigenvalue weighted by Crippen LogP contribution is -2.55. The number of nitrogens with one attached hydrogen (secondary N) is 1. The van der Waals surface area contributed by atoms with Gasteiger partial charge in [0.15, 0.2) is 11.3 Å². The lowest BCUT2D eigenvalue weighted by molar-refractivity contribution is -0.147. The third-order valence-corrected chi connectivity index (χ3v) is 4.70. The monoisotopic (exact) mass is 399 g/mol. The number of Topliss-reactive ketones (excluding diaryl/α,β-unsaturated/α-hetero) is 1. The number of hydrogen-bond donors (Lipinski definition) is 1. The fourth-order valence-corrected chi connectivity index (χ4v) is 3.15. The van der Waals surface area contributed by atoms with Gasteiger partial charge in [-0.25, -0.2) is 4.79 Å². The van der Waals surface area contributed by atoms with Crippen LogP contribution < -0.4 is 10.3 Å². The van der Waals surface area contributed by atoms with Crippen molar-refractivity contribution in [2.75, 3.05) is 16.9 Å². The molecule has 0 aliphatic carbocycles. The molecule has 0 aromatic heterocycles. The lowest BCUT2D eigenvalue weighted by Gasteiger charge is -2.31. The van der Waals surface area contributed by atoms with E-state index in [1.54, 1.807) is 61.5 Å². The Balaban J connectivity index is 2.10. The number of halogens is 1. The van der Waals surface area contributed by atoms with Crippen molar-refractivity contribution < 1.29 is 19.1 Å². The summed E-state index contributed by atoms with van der Waals surface area (Å²) in [6.45, 7) is 3.17. The zero-order valence-electron chi connectivity index (χ0n) is 15.3. The Bertz CT molecular complexity index is 961. The van der Waals surface area contributed by atoms with Crippen LogP contribution in [0.4, 0.5) is 11.4 Å². The molecule has 1 unspecified atom stereocenters. The molecule has 8 heteroatoms. The summed E-state index contributed by atoms with van der Waals surface area (Å²) in [6, 6.07) is 15.2. The molecule has 1 N–H and O–H groups in total. The third kappa shape index (κ3) is 3.25. The van der Waals surface area contributed by atoms with Crippen molar-refractivity contribution in [1.82, 2.24) is 0 Å². The molecule has 0 saturated carbocycles. The first-order chi connectivity index (χ1) is 13.4. The van der Waals surface area contributed by atoms with Crippen molar-refractivity contribution >= 4 is 46.3 Å². The predicted octanol–water partition coefficient (Wildman–Crippen LogP) is 3.05. The van der Waals surface area contributed by atoms with E-state index in [0.717, 1.165) is 4.90 Å². The maximum Gasteiger partial charge on any atom is 0.338 e. The smallest absolute Gasteiger partial charge is 0.338 e. The third-order valence-electron chi connectivity index (χ3n) is 4.37. The summed E-state index contributed by atoms with van der Waals surface area (Å²) in [6.07, 6.45) is 0. The van der Waals surface area contributed by atoms with E-state index in [9.17, 15) is 14.4 Å². The molecule has 1 aliphatic heterocycles. The molecule has 1 aliphatic rings. The number of esters is 1. The molecule has 1 heterocycles. The minimum Gasteiger partial charge on any atom is -0.464 e. The summed E-state index contributed by atoms with van der Waals surface area (Å²) in [4.78, 5) is 39.4. The molecular formula is C20H18ClN3O4. The second-order valence-corrected chi connectivity index (χ2v) is 6.56. The van der Waals surface area contributed by atoms with Crippen LogP contribution in [0.2, 0.25) is 5.02 Å². The number of carbonyl (C=O) groups is 3. The number of nitrogens with zero attached hydrogens (tertiary/aromatic N) is 2. The number of para-hydroxylation sites is 2. The van der Waals surface area contributed by atoms with E-state index >= 15 is 0 Å². The number of hydrazone groups is 1. The van der Waals surface area contributed by atoms with Gasteiger partial charge in [0, 0.05) is 5.69 Å². The standard InChI is InChI=1S/C20H18ClN3O4/c1-3-28-19(27)20(2)17(23-22-15-12-8-7-11-14(15)21)16(25)18(26)24(20)13-9-5-4-6-10-13/h4-12,22H,3H2,1-2H3/b23-17-. The fraction of sp³-hybridized carbons (Fsp3) is 0.200. The van der Waals surface area contributed by atoms with Crippen LogP contribution in [-0.2, 0) is 19.1 Å². The highest BCUT2D eigenvalue weighted by Gasteiger charge is 2.60. The number of amides is 1. The Hall–Kier alpha value is -3.19. The van der Waals surface area contributed by atoms with E-state index in [-0.39, 0.29) is 12.3 Å². The van der Waals surface area contributed by atoms with Gasteiger partial charge in [0.25, 0.3) is 5.78 Å². The molecule has 7 nitrogen and oxygen atoms in total. The first kappa shape index (κ1) is 19.6. The Morgan fingerprint density at radius 1 is 1.14 bits per heavy atom. The lowest BCUT2D eigenvalue weighted by atomic mass is 9.95. The van der Waals surface area contributed by atoms with Crippen LogP contribution in [0.15, 0.2) is 59.7 Å². The first-order valence-electron chi connectivity index (χ1n) is 8.61. The maximum absolute atomic E-state index is 12.8. The van der Waals surface area contributed by atoms with Crippen LogP contribution in [0, 0.1) is 0 Å². The van der Waals surface area contributed by atoms with E-state index in [0.29, 0.717) is 16.4 Å². The van der Waals surface area contributed by atoms with Crippen molar-refractivity contribution in [2.24, 2.45) is 5.10 Å². The van der Waals surface area contributed by atoms with Gasteiger partial charge in [0.05, 0.1) is 17.3 Å². The Morgan fingerprint density at radius 2 is 1.79 bits per heavy atom. The van der Waals surface area contributed by atoms with Crippen molar-refractivity contribution in [3.05, 3.63) is 59.6 Å². The fourth-order valence-electron chi connectivity index (χ4n) is 2.97. The predicted molar refractivity (Wildman–Crippen MR) is 106 cm³/mol. The summed E-state index contributed by atoms with van der Waals surface area (Å²) in [5.41, 5.74) is 1.51. The number of carbonyl (C=O) groups excluding carboxylic acids is 3. The molecule has 3 rings (SSSR count). The molecule has 1 saturated heterocycles. The number of benzene rings is 2. The van der Waals surface area contributed by atoms with E-state index in [1.165, 1.54) is 6.92 Å². The van der Waals surface area contributed by atoms with Gasteiger partial charge in [0.1, 0.15) is 0 Å². The quantitative estimate of drug-likeness (QED) is 0.474. The van der Waals surface area contributed by atoms with Gasteiger partial charge in [0.2, 0.25) is 0 Å². The Morgan fingerprint density at radius 3 is 2.43 bits per heavy atom. The van der Waals surface area contributed by atoms with Crippen molar-refractivity contribution in [3.8, 4) is 0 Å². The van der Waals surface area contributed by atoms with Gasteiger partial charge in [-0.2, -0.15) is 5.10 Å². The van der Waals surface area contributed by atoms with Crippen LogP contribution >= 0.6 is 11.6 Å². The van der Waals surface area contributed by atoms with Gasteiger partial charge in [-0.3, -0.25) is 19.9 Å². The molecule has 1 atom stereocenters. The van der Waals surface area contributed by atoms with Crippen LogP contribution in [0.1, 0.15) is 13.8 Å². The average Bonchev–Trinajstić information content (AvgIpc) is 2.89. The summed E-state index contributed by atoms with van der Waals surface area (Å²) >= 11 is 6.10. The highest BCUT2D eigenvalue weighted by Crippen LogP contribution is 2.33. The van der Waals surface area contributed by atoms with E-state index in [2.05, 4.69) is 10.5 Å². The molecule has 0 bridgehead atoms. The Kier molecular flexibility index (Phi) is 5.46. The minimum atomic E-state index is -1.72. The highest BCUT2D eigenvalue weighted by molar-refractivity contribution is 6.75. The molecule has 28 heavy (non-hydrogen) atoms. The van der Waals surface area contributed by atoms with E-state index in [4.69, 9.17) is 16.3 Å². The van der Waals surface area contributed by atoms with Gasteiger partial charge < -0.3 is 4.74 Å². The molecule has 0 spiro atoms. The molecule has 2 aromatic rings. The molecule has 2 aromatic carbocycles. The van der Waals surface area contributed by atoms with Gasteiger partial charge in [-0.15, -0.1) is 0 Å². The number of ether oxygens (including phenoxy) is 1. The Labute approximate surface area is 166 Å². The summed E-state index contributed by atoms with van der Waals surface area (Å²) in [5, 5.41) is 4.46. The molecule has 1 amide bonds. The molecule has 0 radical (unpaired) electrons. The second-order valence-electron chi connectivity index (χ2n) is 6.15. The first-order valence-corrected chi connectivity index (χ1v) is 8.99. The summed E-state index contributed by atoms with van der Waals surface area (Å²) in [5.74, 6) is -2.50. The molecule has 144 valence electrons. The van der Waals surface area contributed by atoms with Crippen LogP contribution in [0.3, 0.4) is 0 Å².